The van der Waals surface area contributed by atoms with Gasteiger partial charge in [0.2, 0.25) is 0 Å². The van der Waals surface area contributed by atoms with Gasteiger partial charge in [-0.2, -0.15) is 5.10 Å². The van der Waals surface area contributed by atoms with E-state index in [-0.39, 0.29) is 5.91 Å². The zero-order chi connectivity index (χ0) is 15.2. The highest BCUT2D eigenvalue weighted by Gasteiger charge is 2.06. The number of rotatable bonds is 4. The third kappa shape index (κ3) is 4.31. The lowest BCUT2D eigenvalue weighted by Crippen LogP contribution is -2.19. The molecular formula is C16H14Cl2N2O. The Morgan fingerprint density at radius 1 is 0.952 bits per heavy atom. The molecular weight excluding hydrogens is 307 g/mol. The van der Waals surface area contributed by atoms with E-state index >= 15 is 0 Å². The van der Waals surface area contributed by atoms with Crippen LogP contribution in [0.5, 0.6) is 0 Å². The Kier molecular flexibility index (Phi) is 5.37. The summed E-state index contributed by atoms with van der Waals surface area (Å²) in [4.78, 5) is 12.0. The van der Waals surface area contributed by atoms with E-state index in [2.05, 4.69) is 10.5 Å². The third-order valence-electron chi connectivity index (χ3n) is 2.91. The highest BCUT2D eigenvalue weighted by atomic mass is 35.5. The highest BCUT2D eigenvalue weighted by Crippen LogP contribution is 2.12. The number of carbonyl (C=O) groups excluding carboxylic acids is 1. The standard InChI is InChI=1S/C16H14Cl2N2O/c1-2-15(11-3-7-13(17)8-4-11)19-20-16(21)12-5-9-14(18)10-6-12/h3-10H,2H2,1H3,(H,20,21). The summed E-state index contributed by atoms with van der Waals surface area (Å²) in [5, 5.41) is 5.44. The molecule has 0 aromatic heterocycles. The summed E-state index contributed by atoms with van der Waals surface area (Å²) in [6, 6.07) is 14.0. The van der Waals surface area contributed by atoms with E-state index in [1.165, 1.54) is 0 Å². The highest BCUT2D eigenvalue weighted by molar-refractivity contribution is 6.31. The maximum absolute atomic E-state index is 12.0. The maximum atomic E-state index is 12.0. The molecule has 0 radical (unpaired) electrons. The zero-order valence-corrected chi connectivity index (χ0v) is 12.9. The van der Waals surface area contributed by atoms with Crippen molar-refractivity contribution in [1.82, 2.24) is 5.43 Å². The molecule has 0 spiro atoms. The van der Waals surface area contributed by atoms with Crippen molar-refractivity contribution in [3.05, 3.63) is 69.7 Å². The van der Waals surface area contributed by atoms with Gasteiger partial charge in [0.25, 0.3) is 5.91 Å². The second kappa shape index (κ2) is 7.25. The van der Waals surface area contributed by atoms with E-state index in [1.807, 2.05) is 19.1 Å². The van der Waals surface area contributed by atoms with Gasteiger partial charge in [-0.05, 0) is 48.4 Å². The van der Waals surface area contributed by atoms with Crippen molar-refractivity contribution < 1.29 is 4.79 Å². The molecule has 0 heterocycles. The number of nitrogens with one attached hydrogen (secondary N) is 1. The first kappa shape index (κ1) is 15.5. The molecule has 1 amide bonds. The predicted molar refractivity (Wildman–Crippen MR) is 87.2 cm³/mol. The van der Waals surface area contributed by atoms with Gasteiger partial charge in [0.05, 0.1) is 5.71 Å². The van der Waals surface area contributed by atoms with Crippen molar-refractivity contribution in [2.75, 3.05) is 0 Å². The van der Waals surface area contributed by atoms with Crippen LogP contribution in [0.4, 0.5) is 0 Å². The minimum atomic E-state index is -0.272. The Morgan fingerprint density at radius 3 is 1.90 bits per heavy atom. The lowest BCUT2D eigenvalue weighted by Gasteiger charge is -2.05. The average molecular weight is 321 g/mol. The van der Waals surface area contributed by atoms with Crippen LogP contribution in [0.1, 0.15) is 29.3 Å². The SMILES string of the molecule is CCC(=NNC(=O)c1ccc(Cl)cc1)c1ccc(Cl)cc1. The first-order valence-corrected chi connectivity index (χ1v) is 7.24. The van der Waals surface area contributed by atoms with Crippen molar-refractivity contribution in [3.8, 4) is 0 Å². The number of hydrogen-bond donors (Lipinski definition) is 1. The average Bonchev–Trinajstić information content (AvgIpc) is 2.50. The van der Waals surface area contributed by atoms with Crippen molar-refractivity contribution in [1.29, 1.82) is 0 Å². The van der Waals surface area contributed by atoms with Gasteiger partial charge in [0.15, 0.2) is 0 Å². The molecule has 0 aliphatic heterocycles. The first-order valence-electron chi connectivity index (χ1n) is 6.48. The molecule has 0 atom stereocenters. The van der Waals surface area contributed by atoms with Crippen LogP contribution in [0.2, 0.25) is 10.0 Å². The summed E-state index contributed by atoms with van der Waals surface area (Å²) in [6.45, 7) is 1.97. The van der Waals surface area contributed by atoms with Crippen LogP contribution in [0.3, 0.4) is 0 Å². The van der Waals surface area contributed by atoms with E-state index in [0.717, 1.165) is 11.3 Å². The monoisotopic (exact) mass is 320 g/mol. The number of hydrogen-bond acceptors (Lipinski definition) is 2. The molecule has 5 heteroatoms. The Bertz CT molecular complexity index is 649. The lowest BCUT2D eigenvalue weighted by molar-refractivity contribution is 0.0955. The number of amides is 1. The molecule has 2 aromatic carbocycles. The Hall–Kier alpha value is -1.84. The van der Waals surface area contributed by atoms with Crippen LogP contribution in [-0.2, 0) is 0 Å². The number of nitrogens with zero attached hydrogens (tertiary/aromatic N) is 1. The second-order valence-electron chi connectivity index (χ2n) is 4.37. The molecule has 0 fully saturated rings. The molecule has 2 rings (SSSR count). The fraction of sp³-hybridized carbons (Fsp3) is 0.125. The summed E-state index contributed by atoms with van der Waals surface area (Å²) in [7, 11) is 0. The van der Waals surface area contributed by atoms with E-state index < -0.39 is 0 Å². The van der Waals surface area contributed by atoms with Gasteiger partial charge in [-0.1, -0.05) is 42.3 Å². The fourth-order valence-electron chi connectivity index (χ4n) is 1.77. The van der Waals surface area contributed by atoms with E-state index in [0.29, 0.717) is 22.0 Å². The summed E-state index contributed by atoms with van der Waals surface area (Å²) in [5.74, 6) is -0.272. The summed E-state index contributed by atoms with van der Waals surface area (Å²) >= 11 is 11.6. The molecule has 108 valence electrons. The predicted octanol–water partition coefficient (Wildman–Crippen LogP) is 4.54. The molecule has 0 aliphatic rings. The Morgan fingerprint density at radius 2 is 1.43 bits per heavy atom. The number of benzene rings is 2. The fourth-order valence-corrected chi connectivity index (χ4v) is 2.03. The van der Waals surface area contributed by atoms with Crippen LogP contribution in [0.25, 0.3) is 0 Å². The van der Waals surface area contributed by atoms with E-state index in [4.69, 9.17) is 23.2 Å². The van der Waals surface area contributed by atoms with Crippen molar-refractivity contribution in [2.45, 2.75) is 13.3 Å². The van der Waals surface area contributed by atoms with Crippen LogP contribution in [-0.4, -0.2) is 11.6 Å². The van der Waals surface area contributed by atoms with Gasteiger partial charge in [-0.25, -0.2) is 5.43 Å². The molecule has 1 N–H and O–H groups in total. The van der Waals surface area contributed by atoms with Crippen molar-refractivity contribution in [3.63, 3.8) is 0 Å². The topological polar surface area (TPSA) is 41.5 Å². The molecule has 0 aliphatic carbocycles. The molecule has 0 saturated carbocycles. The minimum absolute atomic E-state index is 0.272. The minimum Gasteiger partial charge on any atom is -0.267 e. The smallest absolute Gasteiger partial charge is 0.267 e. The molecule has 0 saturated heterocycles. The normalized spacial score (nSPS) is 11.3. The second-order valence-corrected chi connectivity index (χ2v) is 5.24. The Balaban J connectivity index is 2.12. The van der Waals surface area contributed by atoms with Crippen molar-refractivity contribution in [2.24, 2.45) is 5.10 Å². The van der Waals surface area contributed by atoms with Crippen LogP contribution in [0, 0.1) is 0 Å². The lowest BCUT2D eigenvalue weighted by atomic mass is 10.1. The number of hydrazone groups is 1. The van der Waals surface area contributed by atoms with Crippen LogP contribution in [0.15, 0.2) is 53.6 Å². The largest absolute Gasteiger partial charge is 0.271 e. The van der Waals surface area contributed by atoms with E-state index in [1.54, 1.807) is 36.4 Å². The van der Waals surface area contributed by atoms with Gasteiger partial charge in [0.1, 0.15) is 0 Å². The van der Waals surface area contributed by atoms with E-state index in [9.17, 15) is 4.79 Å². The molecule has 2 aromatic rings. The molecule has 0 unspecified atom stereocenters. The zero-order valence-electron chi connectivity index (χ0n) is 11.4. The van der Waals surface area contributed by atoms with Gasteiger partial charge < -0.3 is 0 Å². The number of carbonyl (C=O) groups is 1. The summed E-state index contributed by atoms with van der Waals surface area (Å²) in [5.41, 5.74) is 4.78. The third-order valence-corrected chi connectivity index (χ3v) is 3.42. The first-order chi connectivity index (χ1) is 10.1. The van der Waals surface area contributed by atoms with Crippen molar-refractivity contribution >= 4 is 34.8 Å². The quantitative estimate of drug-likeness (QED) is 0.652. The van der Waals surface area contributed by atoms with Gasteiger partial charge >= 0.3 is 0 Å². The maximum Gasteiger partial charge on any atom is 0.271 e. The number of halogens is 2. The van der Waals surface area contributed by atoms with Gasteiger partial charge in [-0.3, -0.25) is 4.79 Å². The van der Waals surface area contributed by atoms with Gasteiger partial charge in [-0.15, -0.1) is 0 Å². The Labute approximate surface area is 133 Å². The molecule has 0 bridgehead atoms. The molecule has 21 heavy (non-hydrogen) atoms. The van der Waals surface area contributed by atoms with Gasteiger partial charge in [0, 0.05) is 15.6 Å². The molecule has 3 nitrogen and oxygen atoms in total. The van der Waals surface area contributed by atoms with Crippen LogP contribution < -0.4 is 5.43 Å². The van der Waals surface area contributed by atoms with Crippen LogP contribution >= 0.6 is 23.2 Å². The summed E-state index contributed by atoms with van der Waals surface area (Å²) < 4.78 is 0. The summed E-state index contributed by atoms with van der Waals surface area (Å²) in [6.07, 6.45) is 0.697.